The Morgan fingerprint density at radius 3 is 2.12 bits per heavy atom. The fourth-order valence-corrected chi connectivity index (χ4v) is 3.94. The van der Waals surface area contributed by atoms with E-state index in [1.807, 2.05) is 0 Å². The Morgan fingerprint density at radius 2 is 1.52 bits per heavy atom. The largest absolute Gasteiger partial charge is 0.573 e. The molecule has 0 radical (unpaired) electrons. The third-order valence-corrected chi connectivity index (χ3v) is 5.52. The van der Waals surface area contributed by atoms with E-state index < -0.39 is 35.4 Å². The van der Waals surface area contributed by atoms with Crippen LogP contribution in [0.1, 0.15) is 35.6 Å². The van der Waals surface area contributed by atoms with E-state index in [0.29, 0.717) is 41.5 Å². The van der Waals surface area contributed by atoms with Gasteiger partial charge in [-0.25, -0.2) is 17.6 Å². The van der Waals surface area contributed by atoms with Gasteiger partial charge in [0.25, 0.3) is 0 Å². The molecule has 0 aromatic heterocycles. The molecule has 0 bridgehead atoms. The van der Waals surface area contributed by atoms with Gasteiger partial charge in [0.05, 0.1) is 0 Å². The summed E-state index contributed by atoms with van der Waals surface area (Å²) in [6.07, 6.45) is -2.42. The van der Waals surface area contributed by atoms with E-state index in [1.165, 1.54) is 24.3 Å². The van der Waals surface area contributed by atoms with Crippen molar-refractivity contribution in [2.45, 2.75) is 32.5 Å². The van der Waals surface area contributed by atoms with E-state index in [-0.39, 0.29) is 16.7 Å². The van der Waals surface area contributed by atoms with E-state index in [0.717, 1.165) is 24.3 Å². The van der Waals surface area contributed by atoms with Crippen LogP contribution in [0.4, 0.5) is 30.7 Å². The third-order valence-electron chi connectivity index (χ3n) is 5.52. The summed E-state index contributed by atoms with van der Waals surface area (Å²) in [6.45, 7) is 1.78. The van der Waals surface area contributed by atoms with Gasteiger partial charge >= 0.3 is 6.36 Å². The molecule has 0 N–H and O–H groups in total. The first-order chi connectivity index (χ1) is 15.6. The van der Waals surface area contributed by atoms with Gasteiger partial charge in [-0.1, -0.05) is 19.1 Å². The van der Waals surface area contributed by atoms with Crippen LogP contribution >= 0.6 is 0 Å². The number of hydrogen-bond donors (Lipinski definition) is 0. The van der Waals surface area contributed by atoms with Crippen LogP contribution < -0.4 is 4.74 Å². The maximum absolute atomic E-state index is 14.8. The van der Waals surface area contributed by atoms with Crippen molar-refractivity contribution >= 4 is 11.6 Å². The molecule has 172 valence electrons. The van der Waals surface area contributed by atoms with Crippen molar-refractivity contribution in [2.75, 3.05) is 0 Å². The van der Waals surface area contributed by atoms with E-state index in [4.69, 9.17) is 0 Å². The summed E-state index contributed by atoms with van der Waals surface area (Å²) in [4.78, 5) is 0. The number of benzene rings is 3. The smallest absolute Gasteiger partial charge is 0.403 e. The summed E-state index contributed by atoms with van der Waals surface area (Å²) in [5.41, 5.74) is 1.89. The van der Waals surface area contributed by atoms with E-state index in [2.05, 4.69) is 4.74 Å². The fourth-order valence-electron chi connectivity index (χ4n) is 3.94. The van der Waals surface area contributed by atoms with Gasteiger partial charge in [-0.2, -0.15) is 0 Å². The van der Waals surface area contributed by atoms with Crippen LogP contribution in [0.2, 0.25) is 0 Å². The van der Waals surface area contributed by atoms with Crippen LogP contribution in [-0.2, 0) is 12.8 Å². The van der Waals surface area contributed by atoms with Gasteiger partial charge in [-0.3, -0.25) is 0 Å². The highest BCUT2D eigenvalue weighted by atomic mass is 19.4. The highest BCUT2D eigenvalue weighted by molar-refractivity contribution is 5.86. The number of alkyl halides is 3. The van der Waals surface area contributed by atoms with Crippen molar-refractivity contribution < 1.29 is 35.5 Å². The van der Waals surface area contributed by atoms with Crippen molar-refractivity contribution in [2.24, 2.45) is 0 Å². The molecule has 1 aliphatic carbocycles. The first-order valence-corrected chi connectivity index (χ1v) is 10.1. The molecule has 0 spiro atoms. The molecule has 3 aromatic carbocycles. The molecule has 0 fully saturated rings. The Hall–Kier alpha value is -3.29. The molecule has 0 aliphatic heterocycles. The minimum atomic E-state index is -5.06. The average molecular weight is 466 g/mol. The summed E-state index contributed by atoms with van der Waals surface area (Å²) < 4.78 is 98.6. The Labute approximate surface area is 185 Å². The lowest BCUT2D eigenvalue weighted by atomic mass is 9.86. The Kier molecular flexibility index (Phi) is 5.95. The molecule has 0 amide bonds. The normalized spacial score (nSPS) is 13.5. The molecule has 3 aromatic rings. The average Bonchev–Trinajstić information content (AvgIpc) is 2.73. The number of ether oxygens (including phenoxy) is 1. The highest BCUT2D eigenvalue weighted by Crippen LogP contribution is 2.37. The minimum Gasteiger partial charge on any atom is -0.403 e. The van der Waals surface area contributed by atoms with Gasteiger partial charge in [0.2, 0.25) is 0 Å². The molecular formula is C25H17F7O. The SMILES string of the molecule is CCc1cc(F)c(C2=Cc3cc(F)c(-c4ccc(OC(F)(F)F)c(F)c4)cc3CC2)c(F)c1. The third kappa shape index (κ3) is 4.74. The van der Waals surface area contributed by atoms with E-state index in [1.54, 1.807) is 6.92 Å². The Balaban J connectivity index is 1.70. The lowest BCUT2D eigenvalue weighted by molar-refractivity contribution is -0.275. The Morgan fingerprint density at radius 1 is 0.818 bits per heavy atom. The molecule has 0 heterocycles. The summed E-state index contributed by atoms with van der Waals surface area (Å²) in [5, 5.41) is 0. The van der Waals surface area contributed by atoms with Crippen LogP contribution in [-0.4, -0.2) is 6.36 Å². The monoisotopic (exact) mass is 466 g/mol. The second-order valence-corrected chi connectivity index (χ2v) is 7.68. The second-order valence-electron chi connectivity index (χ2n) is 7.68. The van der Waals surface area contributed by atoms with Gasteiger partial charge in [-0.15, -0.1) is 13.2 Å². The first-order valence-electron chi connectivity index (χ1n) is 10.1. The molecule has 0 saturated carbocycles. The predicted octanol–water partition coefficient (Wildman–Crippen LogP) is 7.86. The van der Waals surface area contributed by atoms with Crippen molar-refractivity contribution in [1.82, 2.24) is 0 Å². The maximum atomic E-state index is 14.8. The van der Waals surface area contributed by atoms with Crippen LogP contribution in [0.5, 0.6) is 5.75 Å². The number of rotatable bonds is 4. The lowest BCUT2D eigenvalue weighted by Gasteiger charge is -2.20. The van der Waals surface area contributed by atoms with Crippen molar-refractivity contribution in [3.8, 4) is 16.9 Å². The zero-order valence-electron chi connectivity index (χ0n) is 17.3. The van der Waals surface area contributed by atoms with Crippen LogP contribution in [0.3, 0.4) is 0 Å². The highest BCUT2D eigenvalue weighted by Gasteiger charge is 2.32. The maximum Gasteiger partial charge on any atom is 0.573 e. The van der Waals surface area contributed by atoms with E-state index >= 15 is 0 Å². The molecule has 1 nitrogen and oxygen atoms in total. The quantitative estimate of drug-likeness (QED) is 0.356. The van der Waals surface area contributed by atoms with Crippen LogP contribution in [0, 0.1) is 23.3 Å². The number of aryl methyl sites for hydroxylation is 2. The number of fused-ring (bicyclic) bond motifs is 1. The molecule has 1 aliphatic rings. The standard InChI is InChI=1S/C25H17F7O/c1-2-13-7-21(28)24(22(29)8-13)16-4-3-14-10-18(19(26)12-17(14)9-16)15-5-6-23(20(27)11-15)33-25(30,31)32/h5-12H,2-4H2,1H3. The molecule has 0 saturated heterocycles. The zero-order chi connectivity index (χ0) is 23.9. The van der Waals surface area contributed by atoms with Gasteiger partial charge in [0.1, 0.15) is 17.5 Å². The van der Waals surface area contributed by atoms with Crippen molar-refractivity contribution in [3.63, 3.8) is 0 Å². The predicted molar refractivity (Wildman–Crippen MR) is 110 cm³/mol. The van der Waals surface area contributed by atoms with Crippen LogP contribution in [0.15, 0.2) is 42.5 Å². The molecule has 0 atom stereocenters. The number of hydrogen-bond acceptors (Lipinski definition) is 1. The summed E-state index contributed by atoms with van der Waals surface area (Å²) in [7, 11) is 0. The first kappa shape index (κ1) is 22.9. The fraction of sp³-hybridized carbons (Fsp3) is 0.200. The zero-order valence-corrected chi connectivity index (χ0v) is 17.3. The molecule has 33 heavy (non-hydrogen) atoms. The molecular weight excluding hydrogens is 449 g/mol. The second kappa shape index (κ2) is 8.57. The summed E-state index contributed by atoms with van der Waals surface area (Å²) >= 11 is 0. The van der Waals surface area contributed by atoms with E-state index in [9.17, 15) is 30.7 Å². The van der Waals surface area contributed by atoms with Gasteiger partial charge < -0.3 is 4.74 Å². The number of allylic oxidation sites excluding steroid dienone is 1. The van der Waals surface area contributed by atoms with Crippen molar-refractivity contribution in [1.29, 1.82) is 0 Å². The van der Waals surface area contributed by atoms with Crippen molar-refractivity contribution in [3.05, 3.63) is 88.0 Å². The van der Waals surface area contributed by atoms with Gasteiger partial charge in [-0.05, 0) is 83.5 Å². The molecule has 8 heteroatoms. The molecule has 4 rings (SSSR count). The number of halogens is 7. The Bertz CT molecular complexity index is 1240. The molecule has 0 unspecified atom stereocenters. The van der Waals surface area contributed by atoms with Gasteiger partial charge in [0, 0.05) is 11.1 Å². The minimum absolute atomic E-state index is 0.00674. The van der Waals surface area contributed by atoms with Gasteiger partial charge in [0.15, 0.2) is 11.6 Å². The lowest BCUT2D eigenvalue weighted by Crippen LogP contribution is -2.17. The topological polar surface area (TPSA) is 9.23 Å². The van der Waals surface area contributed by atoms with Crippen LogP contribution in [0.25, 0.3) is 22.8 Å². The summed E-state index contributed by atoms with van der Waals surface area (Å²) in [6, 6.07) is 7.84. The summed E-state index contributed by atoms with van der Waals surface area (Å²) in [5.74, 6) is -4.43.